The molecule has 0 unspecified atom stereocenters. The number of amides is 1. The van der Waals surface area contributed by atoms with Gasteiger partial charge in [0.15, 0.2) is 0 Å². The second kappa shape index (κ2) is 5.41. The van der Waals surface area contributed by atoms with Gasteiger partial charge in [-0.1, -0.05) is 0 Å². The lowest BCUT2D eigenvalue weighted by Crippen LogP contribution is -2.27. The predicted molar refractivity (Wildman–Crippen MR) is 77.3 cm³/mol. The van der Waals surface area contributed by atoms with E-state index in [1.165, 1.54) is 11.1 Å². The molecule has 1 aromatic heterocycles. The topological polar surface area (TPSA) is 83.0 Å². The van der Waals surface area contributed by atoms with Crippen LogP contribution in [0.15, 0.2) is 36.5 Å². The van der Waals surface area contributed by atoms with Crippen LogP contribution < -0.4 is 10.6 Å². The van der Waals surface area contributed by atoms with E-state index in [0.29, 0.717) is 28.2 Å². The third kappa shape index (κ3) is 2.59. The van der Waals surface area contributed by atoms with Crippen molar-refractivity contribution in [2.45, 2.75) is 6.92 Å². The molecule has 2 rings (SSSR count). The molecule has 100 valence electrons. The third-order valence-electron chi connectivity index (χ3n) is 3.03. The molecule has 0 spiro atoms. The molecule has 0 aliphatic carbocycles. The highest BCUT2D eigenvalue weighted by molar-refractivity contribution is 6.06. The quantitative estimate of drug-likeness (QED) is 0.902. The van der Waals surface area contributed by atoms with E-state index in [-0.39, 0.29) is 5.91 Å². The molecule has 0 aliphatic rings. The molecule has 20 heavy (non-hydrogen) atoms. The van der Waals surface area contributed by atoms with Gasteiger partial charge in [0.25, 0.3) is 5.91 Å². The number of carbonyl (C=O) groups excluding carboxylic acids is 1. The van der Waals surface area contributed by atoms with Gasteiger partial charge in [0.2, 0.25) is 0 Å². The van der Waals surface area contributed by atoms with E-state index in [2.05, 4.69) is 4.98 Å². The lowest BCUT2D eigenvalue weighted by atomic mass is 10.1. The molecule has 0 atom stereocenters. The standard InChI is InChI=1S/C15H14N4O/c1-10-14(7-12(17)9-18-10)15(20)19(2)13-5-3-11(8-16)4-6-13/h3-7,9H,17H2,1-2H3. The van der Waals surface area contributed by atoms with E-state index in [9.17, 15) is 4.79 Å². The average Bonchev–Trinajstić information content (AvgIpc) is 2.48. The van der Waals surface area contributed by atoms with E-state index in [1.54, 1.807) is 44.3 Å². The van der Waals surface area contributed by atoms with Crippen LogP contribution >= 0.6 is 0 Å². The van der Waals surface area contributed by atoms with Gasteiger partial charge < -0.3 is 10.6 Å². The van der Waals surface area contributed by atoms with E-state index in [4.69, 9.17) is 11.0 Å². The molecule has 0 saturated carbocycles. The number of carbonyl (C=O) groups is 1. The van der Waals surface area contributed by atoms with Crippen LogP contribution in [0.4, 0.5) is 11.4 Å². The van der Waals surface area contributed by atoms with Crippen LogP contribution in [0.5, 0.6) is 0 Å². The van der Waals surface area contributed by atoms with Crippen molar-refractivity contribution >= 4 is 17.3 Å². The Balaban J connectivity index is 2.32. The predicted octanol–water partition coefficient (Wildman–Crippen LogP) is 2.12. The minimum absolute atomic E-state index is 0.188. The summed E-state index contributed by atoms with van der Waals surface area (Å²) in [5.41, 5.74) is 8.48. The highest BCUT2D eigenvalue weighted by Crippen LogP contribution is 2.18. The van der Waals surface area contributed by atoms with Crippen LogP contribution in [0.25, 0.3) is 0 Å². The molecule has 1 aromatic carbocycles. The number of rotatable bonds is 2. The Hall–Kier alpha value is -2.87. The maximum absolute atomic E-state index is 12.4. The highest BCUT2D eigenvalue weighted by Gasteiger charge is 2.16. The normalized spacial score (nSPS) is 9.85. The van der Waals surface area contributed by atoms with Crippen molar-refractivity contribution in [3.05, 3.63) is 53.3 Å². The number of aromatic nitrogens is 1. The minimum atomic E-state index is -0.188. The molecule has 0 radical (unpaired) electrons. The number of hydrogen-bond donors (Lipinski definition) is 1. The van der Waals surface area contributed by atoms with Crippen LogP contribution in [-0.4, -0.2) is 17.9 Å². The van der Waals surface area contributed by atoms with E-state index in [0.717, 1.165) is 0 Å². The van der Waals surface area contributed by atoms with Gasteiger partial charge in [-0.15, -0.1) is 0 Å². The molecule has 2 aromatic rings. The largest absolute Gasteiger partial charge is 0.397 e. The second-order valence-corrected chi connectivity index (χ2v) is 4.42. The SMILES string of the molecule is Cc1ncc(N)cc1C(=O)N(C)c1ccc(C#N)cc1. The van der Waals surface area contributed by atoms with Gasteiger partial charge in [0.1, 0.15) is 0 Å². The second-order valence-electron chi connectivity index (χ2n) is 4.42. The number of aryl methyl sites for hydroxylation is 1. The summed E-state index contributed by atoms with van der Waals surface area (Å²) < 4.78 is 0. The molecular weight excluding hydrogens is 252 g/mol. The first-order valence-corrected chi connectivity index (χ1v) is 6.03. The van der Waals surface area contributed by atoms with Gasteiger partial charge in [-0.3, -0.25) is 9.78 Å². The highest BCUT2D eigenvalue weighted by atomic mass is 16.2. The average molecular weight is 266 g/mol. The van der Waals surface area contributed by atoms with Crippen molar-refractivity contribution in [1.82, 2.24) is 4.98 Å². The van der Waals surface area contributed by atoms with E-state index in [1.807, 2.05) is 6.07 Å². The van der Waals surface area contributed by atoms with Crippen molar-refractivity contribution in [3.63, 3.8) is 0 Å². The van der Waals surface area contributed by atoms with Gasteiger partial charge in [-0.05, 0) is 37.3 Å². The van der Waals surface area contributed by atoms with Crippen LogP contribution in [0.2, 0.25) is 0 Å². The first kappa shape index (κ1) is 13.6. The zero-order valence-electron chi connectivity index (χ0n) is 11.3. The van der Waals surface area contributed by atoms with Gasteiger partial charge in [0.05, 0.1) is 34.8 Å². The number of hydrogen-bond acceptors (Lipinski definition) is 4. The maximum Gasteiger partial charge on any atom is 0.259 e. The molecule has 2 N–H and O–H groups in total. The zero-order chi connectivity index (χ0) is 14.7. The van der Waals surface area contributed by atoms with Gasteiger partial charge in [-0.2, -0.15) is 5.26 Å². The summed E-state index contributed by atoms with van der Waals surface area (Å²) in [6.45, 7) is 1.76. The Bertz CT molecular complexity index is 686. The van der Waals surface area contributed by atoms with Crippen LogP contribution in [0.1, 0.15) is 21.6 Å². The molecule has 5 heteroatoms. The maximum atomic E-state index is 12.4. The summed E-state index contributed by atoms with van der Waals surface area (Å²) in [5.74, 6) is -0.188. The van der Waals surface area contributed by atoms with Crippen molar-refractivity contribution in [2.75, 3.05) is 17.7 Å². The monoisotopic (exact) mass is 266 g/mol. The molecule has 0 aliphatic heterocycles. The lowest BCUT2D eigenvalue weighted by Gasteiger charge is -2.18. The fraction of sp³-hybridized carbons (Fsp3) is 0.133. The van der Waals surface area contributed by atoms with Crippen LogP contribution in [0, 0.1) is 18.3 Å². The van der Waals surface area contributed by atoms with Crippen molar-refractivity contribution < 1.29 is 4.79 Å². The number of anilines is 2. The first-order chi connectivity index (χ1) is 9.52. The van der Waals surface area contributed by atoms with E-state index >= 15 is 0 Å². The first-order valence-electron chi connectivity index (χ1n) is 6.03. The van der Waals surface area contributed by atoms with Crippen LogP contribution in [0.3, 0.4) is 0 Å². The van der Waals surface area contributed by atoms with E-state index < -0.39 is 0 Å². The number of pyridine rings is 1. The van der Waals surface area contributed by atoms with Crippen molar-refractivity contribution in [2.24, 2.45) is 0 Å². The number of benzene rings is 1. The van der Waals surface area contributed by atoms with Crippen molar-refractivity contribution in [3.8, 4) is 6.07 Å². The van der Waals surface area contributed by atoms with Gasteiger partial charge in [0, 0.05) is 12.7 Å². The Morgan fingerprint density at radius 2 is 2.00 bits per heavy atom. The molecule has 0 saturated heterocycles. The fourth-order valence-corrected chi connectivity index (χ4v) is 1.82. The third-order valence-corrected chi connectivity index (χ3v) is 3.03. The number of nitrogens with two attached hydrogens (primary N) is 1. The number of nitrogen functional groups attached to an aromatic ring is 1. The smallest absolute Gasteiger partial charge is 0.259 e. The van der Waals surface area contributed by atoms with Crippen molar-refractivity contribution in [1.29, 1.82) is 5.26 Å². The Morgan fingerprint density at radius 3 is 2.60 bits per heavy atom. The molecule has 5 nitrogen and oxygen atoms in total. The summed E-state index contributed by atoms with van der Waals surface area (Å²) in [7, 11) is 1.67. The van der Waals surface area contributed by atoms with Gasteiger partial charge in [-0.25, -0.2) is 0 Å². The Kier molecular flexibility index (Phi) is 3.67. The summed E-state index contributed by atoms with van der Waals surface area (Å²) in [5, 5.41) is 8.77. The molecular formula is C15H14N4O. The lowest BCUT2D eigenvalue weighted by molar-refractivity contribution is 0.0992. The summed E-state index contributed by atoms with van der Waals surface area (Å²) in [6.07, 6.45) is 1.52. The molecule has 0 bridgehead atoms. The summed E-state index contributed by atoms with van der Waals surface area (Å²) in [6, 6.07) is 10.5. The number of nitrogens with zero attached hydrogens (tertiary/aromatic N) is 3. The van der Waals surface area contributed by atoms with Gasteiger partial charge >= 0.3 is 0 Å². The molecule has 0 fully saturated rings. The zero-order valence-corrected chi connectivity index (χ0v) is 11.3. The summed E-state index contributed by atoms with van der Waals surface area (Å²) >= 11 is 0. The minimum Gasteiger partial charge on any atom is -0.397 e. The molecule has 1 amide bonds. The summed E-state index contributed by atoms with van der Waals surface area (Å²) in [4.78, 5) is 18.0. The number of nitriles is 1. The fourth-order valence-electron chi connectivity index (χ4n) is 1.82. The Labute approximate surface area is 117 Å². The Morgan fingerprint density at radius 1 is 1.35 bits per heavy atom. The molecule has 1 heterocycles. The van der Waals surface area contributed by atoms with Crippen LogP contribution in [-0.2, 0) is 0 Å².